The van der Waals surface area contributed by atoms with E-state index in [1.807, 2.05) is 42.5 Å². The first-order chi connectivity index (χ1) is 11.2. The highest BCUT2D eigenvalue weighted by Crippen LogP contribution is 2.12. The molecule has 4 nitrogen and oxygen atoms in total. The van der Waals surface area contributed by atoms with E-state index in [0.29, 0.717) is 6.54 Å². The Labute approximate surface area is 165 Å². The third-order valence-corrected chi connectivity index (χ3v) is 3.65. The summed E-state index contributed by atoms with van der Waals surface area (Å²) in [4.78, 5) is 4.23. The molecule has 2 aromatic carbocycles. The van der Waals surface area contributed by atoms with Gasteiger partial charge >= 0.3 is 0 Å². The molecule has 130 valence electrons. The Hall–Kier alpha value is -1.47. The molecule has 0 saturated carbocycles. The van der Waals surface area contributed by atoms with Crippen molar-refractivity contribution in [3.63, 3.8) is 0 Å². The van der Waals surface area contributed by atoms with Crippen molar-refractivity contribution in [1.29, 1.82) is 0 Å². The fourth-order valence-electron chi connectivity index (χ4n) is 2.21. The monoisotopic (exact) mass is 459 g/mol. The first kappa shape index (κ1) is 20.6. The van der Waals surface area contributed by atoms with Crippen molar-refractivity contribution in [2.24, 2.45) is 4.99 Å². The van der Waals surface area contributed by atoms with Gasteiger partial charge in [0.25, 0.3) is 0 Å². The van der Waals surface area contributed by atoms with Crippen molar-refractivity contribution in [3.05, 3.63) is 64.7 Å². The van der Waals surface area contributed by atoms with E-state index < -0.39 is 0 Å². The van der Waals surface area contributed by atoms with Gasteiger partial charge in [-0.05, 0) is 41.8 Å². The number of nitrogens with one attached hydrogen (secondary N) is 2. The zero-order chi connectivity index (χ0) is 16.5. The average Bonchev–Trinajstić information content (AvgIpc) is 2.58. The Bertz CT molecular complexity index is 664. The summed E-state index contributed by atoms with van der Waals surface area (Å²) in [5, 5.41) is 7.32. The van der Waals surface area contributed by atoms with Gasteiger partial charge in [0.1, 0.15) is 5.75 Å². The van der Waals surface area contributed by atoms with Crippen molar-refractivity contribution in [3.8, 4) is 5.75 Å². The fraction of sp³-hybridized carbons (Fsp3) is 0.278. The minimum atomic E-state index is 0. The molecular formula is C18H23ClIN3O. The van der Waals surface area contributed by atoms with Crippen LogP contribution in [-0.4, -0.2) is 26.7 Å². The smallest absolute Gasteiger partial charge is 0.191 e. The van der Waals surface area contributed by atoms with Crippen LogP contribution in [0.1, 0.15) is 11.1 Å². The van der Waals surface area contributed by atoms with Crippen molar-refractivity contribution in [2.45, 2.75) is 13.0 Å². The van der Waals surface area contributed by atoms with E-state index in [-0.39, 0.29) is 24.0 Å². The molecule has 0 aromatic heterocycles. The summed E-state index contributed by atoms with van der Waals surface area (Å²) < 4.78 is 5.23. The molecule has 0 atom stereocenters. The molecule has 0 aliphatic heterocycles. The predicted molar refractivity (Wildman–Crippen MR) is 112 cm³/mol. The molecular weight excluding hydrogens is 437 g/mol. The molecule has 24 heavy (non-hydrogen) atoms. The molecule has 0 radical (unpaired) electrons. The lowest BCUT2D eigenvalue weighted by atomic mass is 10.1. The van der Waals surface area contributed by atoms with Crippen LogP contribution in [-0.2, 0) is 13.0 Å². The minimum absolute atomic E-state index is 0. The van der Waals surface area contributed by atoms with E-state index >= 15 is 0 Å². The molecule has 2 N–H and O–H groups in total. The average molecular weight is 460 g/mol. The van der Waals surface area contributed by atoms with E-state index in [2.05, 4.69) is 21.7 Å². The quantitative estimate of drug-likeness (QED) is 0.392. The molecule has 0 heterocycles. The summed E-state index contributed by atoms with van der Waals surface area (Å²) in [7, 11) is 3.44. The highest BCUT2D eigenvalue weighted by molar-refractivity contribution is 14.0. The molecule has 0 saturated heterocycles. The first-order valence-electron chi connectivity index (χ1n) is 7.53. The molecule has 0 aliphatic carbocycles. The van der Waals surface area contributed by atoms with Gasteiger partial charge in [0.15, 0.2) is 5.96 Å². The van der Waals surface area contributed by atoms with Gasteiger partial charge in [0.2, 0.25) is 0 Å². The number of methoxy groups -OCH3 is 1. The van der Waals surface area contributed by atoms with Crippen LogP contribution in [0.5, 0.6) is 5.75 Å². The van der Waals surface area contributed by atoms with Crippen LogP contribution in [0.3, 0.4) is 0 Å². The second-order valence-corrected chi connectivity index (χ2v) is 5.52. The van der Waals surface area contributed by atoms with Gasteiger partial charge in [-0.1, -0.05) is 35.9 Å². The maximum atomic E-state index is 5.99. The van der Waals surface area contributed by atoms with Crippen LogP contribution >= 0.6 is 35.6 Å². The maximum Gasteiger partial charge on any atom is 0.191 e. The van der Waals surface area contributed by atoms with Gasteiger partial charge < -0.3 is 15.4 Å². The second kappa shape index (κ2) is 11.1. The number of rotatable bonds is 6. The molecule has 0 fully saturated rings. The molecule has 0 aliphatic rings. The lowest BCUT2D eigenvalue weighted by Gasteiger charge is -2.12. The summed E-state index contributed by atoms with van der Waals surface area (Å²) in [5.41, 5.74) is 2.34. The lowest BCUT2D eigenvalue weighted by Crippen LogP contribution is -2.37. The Morgan fingerprint density at radius 3 is 2.54 bits per heavy atom. The number of benzene rings is 2. The number of hydrogen-bond acceptors (Lipinski definition) is 2. The molecule has 2 aromatic rings. The third-order valence-electron chi connectivity index (χ3n) is 3.41. The number of ether oxygens (including phenoxy) is 1. The Morgan fingerprint density at radius 1 is 1.08 bits per heavy atom. The van der Waals surface area contributed by atoms with Gasteiger partial charge in [0.05, 0.1) is 7.11 Å². The number of hydrogen-bond donors (Lipinski definition) is 2. The fourth-order valence-corrected chi connectivity index (χ4v) is 2.42. The SMILES string of the molecule is CN=C(NCCc1cccc(OC)c1)NCc1cccc(Cl)c1.I. The largest absolute Gasteiger partial charge is 0.497 e. The minimum Gasteiger partial charge on any atom is -0.497 e. The summed E-state index contributed by atoms with van der Waals surface area (Å²) in [6.07, 6.45) is 0.898. The number of halogens is 2. The van der Waals surface area contributed by atoms with Crippen LogP contribution in [0.2, 0.25) is 5.02 Å². The summed E-state index contributed by atoms with van der Waals surface area (Å²) in [6.45, 7) is 1.47. The van der Waals surface area contributed by atoms with E-state index in [9.17, 15) is 0 Å². The van der Waals surface area contributed by atoms with E-state index in [0.717, 1.165) is 35.3 Å². The highest BCUT2D eigenvalue weighted by atomic mass is 127. The van der Waals surface area contributed by atoms with E-state index in [1.165, 1.54) is 5.56 Å². The van der Waals surface area contributed by atoms with E-state index in [1.54, 1.807) is 14.2 Å². The Morgan fingerprint density at radius 2 is 1.83 bits per heavy atom. The maximum absolute atomic E-state index is 5.99. The summed E-state index contributed by atoms with van der Waals surface area (Å²) in [6, 6.07) is 15.9. The van der Waals surface area contributed by atoms with Gasteiger partial charge in [0, 0.05) is 25.2 Å². The molecule has 0 amide bonds. The topological polar surface area (TPSA) is 45.7 Å². The van der Waals surface area contributed by atoms with Crippen LogP contribution in [0, 0.1) is 0 Å². The van der Waals surface area contributed by atoms with Gasteiger partial charge in [-0.25, -0.2) is 0 Å². The summed E-state index contributed by atoms with van der Waals surface area (Å²) in [5.74, 6) is 1.65. The lowest BCUT2D eigenvalue weighted by molar-refractivity contribution is 0.414. The molecule has 2 rings (SSSR count). The number of aliphatic imine (C=N–C) groups is 1. The van der Waals surface area contributed by atoms with Crippen molar-refractivity contribution in [2.75, 3.05) is 20.7 Å². The van der Waals surface area contributed by atoms with Crippen molar-refractivity contribution < 1.29 is 4.74 Å². The standard InChI is InChI=1S/C18H22ClN3O.HI/c1-20-18(22-13-15-6-3-7-16(19)11-15)21-10-9-14-5-4-8-17(12-14)23-2;/h3-8,11-12H,9-10,13H2,1-2H3,(H2,20,21,22);1H. The van der Waals surface area contributed by atoms with Crippen molar-refractivity contribution in [1.82, 2.24) is 10.6 Å². The third kappa shape index (κ3) is 6.97. The molecule has 6 heteroatoms. The van der Waals surface area contributed by atoms with Gasteiger partial charge in [-0.2, -0.15) is 0 Å². The van der Waals surface area contributed by atoms with Gasteiger partial charge in [-0.3, -0.25) is 4.99 Å². The molecule has 0 bridgehead atoms. The molecule has 0 spiro atoms. The van der Waals surface area contributed by atoms with Crippen molar-refractivity contribution >= 4 is 41.5 Å². The van der Waals surface area contributed by atoms with Crippen LogP contribution in [0.25, 0.3) is 0 Å². The normalized spacial score (nSPS) is 10.7. The van der Waals surface area contributed by atoms with Crippen LogP contribution in [0.15, 0.2) is 53.5 Å². The Balaban J connectivity index is 0.00000288. The van der Waals surface area contributed by atoms with Crippen LogP contribution in [0.4, 0.5) is 0 Å². The highest BCUT2D eigenvalue weighted by Gasteiger charge is 2.00. The zero-order valence-electron chi connectivity index (χ0n) is 13.9. The van der Waals surface area contributed by atoms with E-state index in [4.69, 9.17) is 16.3 Å². The second-order valence-electron chi connectivity index (χ2n) is 5.08. The first-order valence-corrected chi connectivity index (χ1v) is 7.91. The predicted octanol–water partition coefficient (Wildman–Crippen LogP) is 3.87. The van der Waals surface area contributed by atoms with Gasteiger partial charge in [-0.15, -0.1) is 24.0 Å². The Kier molecular flexibility index (Phi) is 9.56. The van der Waals surface area contributed by atoms with Crippen LogP contribution < -0.4 is 15.4 Å². The number of guanidine groups is 1. The molecule has 0 unspecified atom stereocenters. The number of nitrogens with zero attached hydrogens (tertiary/aromatic N) is 1. The zero-order valence-corrected chi connectivity index (χ0v) is 17.0. The summed E-state index contributed by atoms with van der Waals surface area (Å²) >= 11 is 5.99.